The molecular formula is C22H18BrN3O2S. The number of rotatable bonds is 4. The summed E-state index contributed by atoms with van der Waals surface area (Å²) in [4.78, 5) is 31.3. The zero-order valence-electron chi connectivity index (χ0n) is 15.6. The smallest absolute Gasteiger partial charge is 0.242 e. The molecule has 1 aliphatic heterocycles. The number of aliphatic imine (C=N–C) groups is 1. The van der Waals surface area contributed by atoms with Crippen LogP contribution in [0.15, 0.2) is 76.2 Å². The number of anilines is 1. The highest BCUT2D eigenvalue weighted by atomic mass is 79.9. The van der Waals surface area contributed by atoms with E-state index in [2.05, 4.69) is 21.2 Å². The third kappa shape index (κ3) is 4.36. The fourth-order valence-corrected chi connectivity index (χ4v) is 4.53. The molecular weight excluding hydrogens is 450 g/mol. The third-order valence-corrected chi connectivity index (χ3v) is 6.38. The van der Waals surface area contributed by atoms with Gasteiger partial charge in [0, 0.05) is 29.0 Å². The lowest BCUT2D eigenvalue weighted by atomic mass is 10.1. The van der Waals surface area contributed by atoms with E-state index in [0.717, 1.165) is 20.9 Å². The van der Waals surface area contributed by atoms with Crippen LogP contribution in [0.5, 0.6) is 0 Å². The summed E-state index contributed by atoms with van der Waals surface area (Å²) in [6.45, 7) is 0. The fraction of sp³-hybridized carbons (Fsp3) is 0.136. The first-order valence-corrected chi connectivity index (χ1v) is 10.7. The van der Waals surface area contributed by atoms with Crippen molar-refractivity contribution in [3.05, 3.63) is 71.2 Å². The van der Waals surface area contributed by atoms with Crippen molar-refractivity contribution < 1.29 is 9.59 Å². The van der Waals surface area contributed by atoms with Gasteiger partial charge in [0.15, 0.2) is 5.17 Å². The fourth-order valence-electron chi connectivity index (χ4n) is 3.12. The molecule has 1 aliphatic rings. The van der Waals surface area contributed by atoms with Gasteiger partial charge in [0.1, 0.15) is 5.25 Å². The molecule has 1 fully saturated rings. The van der Waals surface area contributed by atoms with Gasteiger partial charge in [-0.05, 0) is 35.7 Å². The summed E-state index contributed by atoms with van der Waals surface area (Å²) >= 11 is 4.70. The average molecular weight is 468 g/mol. The zero-order chi connectivity index (χ0) is 20.4. The summed E-state index contributed by atoms with van der Waals surface area (Å²) in [5.41, 5.74) is 1.51. The maximum absolute atomic E-state index is 12.6. The van der Waals surface area contributed by atoms with Gasteiger partial charge in [-0.2, -0.15) is 0 Å². The minimum absolute atomic E-state index is 0.0957. The minimum atomic E-state index is -0.482. The van der Waals surface area contributed by atoms with Crippen LogP contribution in [0.4, 0.5) is 11.4 Å². The number of fused-ring (bicyclic) bond motifs is 1. The van der Waals surface area contributed by atoms with E-state index in [1.54, 1.807) is 7.05 Å². The number of hydrogen-bond donors (Lipinski definition) is 1. The van der Waals surface area contributed by atoms with Crippen molar-refractivity contribution in [1.82, 2.24) is 4.90 Å². The Kier molecular flexibility index (Phi) is 5.69. The van der Waals surface area contributed by atoms with E-state index in [1.807, 2.05) is 66.7 Å². The zero-order valence-corrected chi connectivity index (χ0v) is 18.0. The number of carbonyl (C=O) groups excluding carboxylic acids is 2. The van der Waals surface area contributed by atoms with Gasteiger partial charge in [-0.1, -0.05) is 64.1 Å². The van der Waals surface area contributed by atoms with Crippen molar-refractivity contribution in [2.45, 2.75) is 11.7 Å². The van der Waals surface area contributed by atoms with Gasteiger partial charge in [0.2, 0.25) is 11.8 Å². The first-order chi connectivity index (χ1) is 14.0. The monoisotopic (exact) mass is 467 g/mol. The second-order valence-corrected chi connectivity index (χ2v) is 8.74. The molecule has 0 bridgehead atoms. The quantitative estimate of drug-likeness (QED) is 0.573. The molecule has 0 aliphatic carbocycles. The van der Waals surface area contributed by atoms with E-state index in [1.165, 1.54) is 16.7 Å². The second-order valence-electron chi connectivity index (χ2n) is 6.66. The highest BCUT2D eigenvalue weighted by molar-refractivity contribution is 9.10. The molecule has 0 radical (unpaired) electrons. The lowest BCUT2D eigenvalue weighted by molar-refractivity contribution is -0.127. The minimum Gasteiger partial charge on any atom is -0.326 e. The van der Waals surface area contributed by atoms with E-state index in [0.29, 0.717) is 10.9 Å². The molecule has 146 valence electrons. The van der Waals surface area contributed by atoms with Gasteiger partial charge in [-0.15, -0.1) is 0 Å². The molecule has 29 heavy (non-hydrogen) atoms. The molecule has 2 amide bonds. The van der Waals surface area contributed by atoms with Crippen LogP contribution in [-0.4, -0.2) is 34.2 Å². The Bertz CT molecular complexity index is 1110. The number of amides is 2. The van der Waals surface area contributed by atoms with Gasteiger partial charge in [-0.25, -0.2) is 4.99 Å². The Balaban J connectivity index is 1.50. The normalized spacial score (nSPS) is 17.9. The Morgan fingerprint density at radius 1 is 1.10 bits per heavy atom. The topological polar surface area (TPSA) is 61.8 Å². The molecule has 0 saturated carbocycles. The number of carbonyl (C=O) groups is 2. The average Bonchev–Trinajstić information content (AvgIpc) is 2.98. The molecule has 4 rings (SSSR count). The van der Waals surface area contributed by atoms with E-state index < -0.39 is 5.25 Å². The third-order valence-electron chi connectivity index (χ3n) is 4.62. The highest BCUT2D eigenvalue weighted by Gasteiger charge is 2.37. The van der Waals surface area contributed by atoms with Crippen LogP contribution in [0.3, 0.4) is 0 Å². The van der Waals surface area contributed by atoms with Crippen molar-refractivity contribution in [1.29, 1.82) is 0 Å². The molecule has 1 N–H and O–H groups in total. The Hall–Kier alpha value is -2.64. The predicted octanol–water partition coefficient (Wildman–Crippen LogP) is 5.19. The van der Waals surface area contributed by atoms with Crippen LogP contribution in [0.25, 0.3) is 10.8 Å². The Morgan fingerprint density at radius 3 is 2.62 bits per heavy atom. The van der Waals surface area contributed by atoms with Crippen LogP contribution >= 0.6 is 27.7 Å². The summed E-state index contributed by atoms with van der Waals surface area (Å²) in [5.74, 6) is -0.307. The van der Waals surface area contributed by atoms with Crippen LogP contribution in [0.2, 0.25) is 0 Å². The van der Waals surface area contributed by atoms with Crippen molar-refractivity contribution in [2.75, 3.05) is 12.4 Å². The van der Waals surface area contributed by atoms with E-state index in [4.69, 9.17) is 4.99 Å². The predicted molar refractivity (Wildman–Crippen MR) is 123 cm³/mol. The Labute approximate surface area is 181 Å². The summed E-state index contributed by atoms with van der Waals surface area (Å²) in [5, 5.41) is 5.08. The lowest BCUT2D eigenvalue weighted by Gasteiger charge is -2.10. The number of nitrogens with zero attached hydrogens (tertiary/aromatic N) is 2. The molecule has 1 atom stereocenters. The number of amidine groups is 1. The highest BCUT2D eigenvalue weighted by Crippen LogP contribution is 2.33. The van der Waals surface area contributed by atoms with Gasteiger partial charge >= 0.3 is 0 Å². The summed E-state index contributed by atoms with van der Waals surface area (Å²) in [6, 6.07) is 21.2. The number of halogens is 1. The van der Waals surface area contributed by atoms with Crippen molar-refractivity contribution in [3.8, 4) is 0 Å². The molecule has 0 unspecified atom stereocenters. The van der Waals surface area contributed by atoms with Crippen molar-refractivity contribution >= 4 is 66.8 Å². The Morgan fingerprint density at radius 2 is 1.83 bits per heavy atom. The molecule has 1 heterocycles. The number of nitrogens with one attached hydrogen (secondary N) is 1. The number of benzene rings is 3. The van der Waals surface area contributed by atoms with Gasteiger partial charge < -0.3 is 5.32 Å². The summed E-state index contributed by atoms with van der Waals surface area (Å²) < 4.78 is 0.938. The maximum Gasteiger partial charge on any atom is 0.242 e. The lowest BCUT2D eigenvalue weighted by Crippen LogP contribution is -2.30. The van der Waals surface area contributed by atoms with Gasteiger partial charge in [0.25, 0.3) is 0 Å². The molecule has 7 heteroatoms. The van der Waals surface area contributed by atoms with Crippen LogP contribution < -0.4 is 5.32 Å². The summed E-state index contributed by atoms with van der Waals surface area (Å²) in [6.07, 6.45) is 0.0957. The number of hydrogen-bond acceptors (Lipinski definition) is 4. The van der Waals surface area contributed by atoms with Crippen molar-refractivity contribution in [2.24, 2.45) is 4.99 Å². The number of thioether (sulfide) groups is 1. The van der Waals surface area contributed by atoms with E-state index >= 15 is 0 Å². The first-order valence-electron chi connectivity index (χ1n) is 9.07. The first kappa shape index (κ1) is 19.7. The molecule has 0 aromatic heterocycles. The molecule has 0 spiro atoms. The molecule has 1 saturated heterocycles. The molecule has 3 aromatic carbocycles. The SMILES string of the molecule is CN1C(=O)[C@H](CC(=O)Nc2ccc(Br)cc2)SC1=Nc1cccc2ccccc12. The van der Waals surface area contributed by atoms with Crippen LogP contribution in [-0.2, 0) is 9.59 Å². The maximum atomic E-state index is 12.6. The van der Waals surface area contributed by atoms with Crippen molar-refractivity contribution in [3.63, 3.8) is 0 Å². The standard InChI is InChI=1S/C22H18BrN3O2S/c1-26-21(28)19(13-20(27)24-16-11-9-15(23)10-12-16)29-22(26)25-18-8-4-6-14-5-2-3-7-17(14)18/h2-12,19H,13H2,1H3,(H,24,27)/t19-/m0/s1. The second kappa shape index (κ2) is 8.39. The largest absolute Gasteiger partial charge is 0.326 e. The van der Waals surface area contributed by atoms with Crippen LogP contribution in [0.1, 0.15) is 6.42 Å². The molecule has 3 aromatic rings. The van der Waals surface area contributed by atoms with Crippen LogP contribution in [0, 0.1) is 0 Å². The van der Waals surface area contributed by atoms with Gasteiger partial charge in [-0.3, -0.25) is 14.5 Å². The summed E-state index contributed by atoms with van der Waals surface area (Å²) in [7, 11) is 1.70. The molecule has 5 nitrogen and oxygen atoms in total. The van der Waals surface area contributed by atoms with E-state index in [-0.39, 0.29) is 18.2 Å². The van der Waals surface area contributed by atoms with Gasteiger partial charge in [0.05, 0.1) is 5.69 Å². The van der Waals surface area contributed by atoms with E-state index in [9.17, 15) is 9.59 Å².